The van der Waals surface area contributed by atoms with E-state index in [9.17, 15) is 4.79 Å². The van der Waals surface area contributed by atoms with Gasteiger partial charge in [-0.15, -0.1) is 11.3 Å². The van der Waals surface area contributed by atoms with Gasteiger partial charge in [-0.25, -0.2) is 4.98 Å². The Balaban J connectivity index is 1.54. The molecule has 0 bridgehead atoms. The second-order valence-corrected chi connectivity index (χ2v) is 7.39. The number of hydrogen-bond acceptors (Lipinski definition) is 7. The molecule has 8 heteroatoms. The maximum Gasteiger partial charge on any atom is 0.267 e. The molecule has 140 valence electrons. The molecule has 0 aliphatic heterocycles. The van der Waals surface area contributed by atoms with E-state index in [2.05, 4.69) is 25.4 Å². The number of carbonyl (C=O) groups excluding carboxylic acids is 1. The number of rotatable bonds is 5. The Bertz CT molecular complexity index is 1120. The Morgan fingerprint density at radius 2 is 2.00 bits per heavy atom. The number of nitrogens with zero attached hydrogens (tertiary/aromatic N) is 4. The first kappa shape index (κ1) is 18.0. The fourth-order valence-electron chi connectivity index (χ4n) is 2.82. The molecule has 28 heavy (non-hydrogen) atoms. The largest absolute Gasteiger partial charge is 0.339 e. The molecule has 0 fully saturated rings. The van der Waals surface area contributed by atoms with E-state index in [4.69, 9.17) is 4.52 Å². The Kier molecular flexibility index (Phi) is 4.94. The first-order valence-corrected chi connectivity index (χ1v) is 9.48. The summed E-state index contributed by atoms with van der Waals surface area (Å²) in [4.78, 5) is 26.1. The Hall–Kier alpha value is -3.39. The second kappa shape index (κ2) is 7.69. The second-order valence-electron chi connectivity index (χ2n) is 6.19. The number of aryl methyl sites for hydroxylation is 2. The normalized spacial score (nSPS) is 10.8. The number of aromatic nitrogens is 4. The van der Waals surface area contributed by atoms with Crippen LogP contribution in [0.25, 0.3) is 11.4 Å². The number of para-hydroxylation sites is 1. The molecule has 0 spiro atoms. The van der Waals surface area contributed by atoms with Crippen molar-refractivity contribution in [3.05, 3.63) is 75.8 Å². The highest BCUT2D eigenvalue weighted by Crippen LogP contribution is 2.23. The molecule has 4 aromatic rings. The fraction of sp³-hybridized carbons (Fsp3) is 0.150. The van der Waals surface area contributed by atoms with Gasteiger partial charge in [0.1, 0.15) is 4.88 Å². The van der Waals surface area contributed by atoms with Crippen LogP contribution in [-0.4, -0.2) is 26.0 Å². The molecule has 3 aromatic heterocycles. The smallest absolute Gasteiger partial charge is 0.267 e. The van der Waals surface area contributed by atoms with Crippen LogP contribution in [0.4, 0.5) is 5.69 Å². The molecule has 0 saturated carbocycles. The number of pyridine rings is 1. The van der Waals surface area contributed by atoms with Gasteiger partial charge in [0.25, 0.3) is 5.91 Å². The SMILES string of the molecule is Cc1nc(C)c(C(=O)Nc2ccccc2Cc2nc(-c3cccnc3)no2)s1. The molecule has 0 aliphatic carbocycles. The summed E-state index contributed by atoms with van der Waals surface area (Å²) in [6.07, 6.45) is 3.78. The lowest BCUT2D eigenvalue weighted by Gasteiger charge is -2.09. The zero-order valence-corrected chi connectivity index (χ0v) is 16.2. The van der Waals surface area contributed by atoms with E-state index in [1.807, 2.05) is 50.2 Å². The summed E-state index contributed by atoms with van der Waals surface area (Å²) in [7, 11) is 0. The van der Waals surface area contributed by atoms with Gasteiger partial charge in [0.05, 0.1) is 17.1 Å². The fourth-order valence-corrected chi connectivity index (χ4v) is 3.63. The number of hydrogen-bond donors (Lipinski definition) is 1. The minimum atomic E-state index is -0.169. The Morgan fingerprint density at radius 1 is 1.14 bits per heavy atom. The van der Waals surface area contributed by atoms with Gasteiger partial charge in [-0.3, -0.25) is 9.78 Å². The topological polar surface area (TPSA) is 93.8 Å². The summed E-state index contributed by atoms with van der Waals surface area (Å²) in [5, 5.41) is 7.85. The maximum atomic E-state index is 12.6. The minimum absolute atomic E-state index is 0.169. The van der Waals surface area contributed by atoms with Crippen molar-refractivity contribution in [2.75, 3.05) is 5.32 Å². The van der Waals surface area contributed by atoms with Gasteiger partial charge in [-0.1, -0.05) is 23.4 Å². The molecule has 1 N–H and O–H groups in total. The van der Waals surface area contributed by atoms with Crippen molar-refractivity contribution in [2.24, 2.45) is 0 Å². The van der Waals surface area contributed by atoms with Gasteiger partial charge in [0.15, 0.2) is 0 Å². The van der Waals surface area contributed by atoms with E-state index in [0.29, 0.717) is 28.7 Å². The van der Waals surface area contributed by atoms with Crippen LogP contribution >= 0.6 is 11.3 Å². The van der Waals surface area contributed by atoms with E-state index in [1.54, 1.807) is 12.4 Å². The Morgan fingerprint density at radius 3 is 2.75 bits per heavy atom. The molecule has 0 aliphatic rings. The molecule has 0 radical (unpaired) electrons. The number of anilines is 1. The highest BCUT2D eigenvalue weighted by atomic mass is 32.1. The van der Waals surface area contributed by atoms with E-state index >= 15 is 0 Å². The average Bonchev–Trinajstić information content (AvgIpc) is 3.30. The minimum Gasteiger partial charge on any atom is -0.339 e. The average molecular weight is 391 g/mol. The number of nitrogens with one attached hydrogen (secondary N) is 1. The molecule has 0 saturated heterocycles. The molecule has 4 rings (SSSR count). The predicted octanol–water partition coefficient (Wildman–Crippen LogP) is 4.05. The van der Waals surface area contributed by atoms with E-state index in [0.717, 1.165) is 21.8 Å². The summed E-state index contributed by atoms with van der Waals surface area (Å²) in [5.41, 5.74) is 3.11. The molecule has 3 heterocycles. The highest BCUT2D eigenvalue weighted by Gasteiger charge is 2.16. The van der Waals surface area contributed by atoms with Gasteiger partial charge in [0, 0.05) is 23.6 Å². The molecular weight excluding hydrogens is 374 g/mol. The van der Waals surface area contributed by atoms with Crippen LogP contribution in [0.2, 0.25) is 0 Å². The number of carbonyl (C=O) groups is 1. The van der Waals surface area contributed by atoms with Gasteiger partial charge in [-0.05, 0) is 37.6 Å². The predicted molar refractivity (Wildman–Crippen MR) is 106 cm³/mol. The van der Waals surface area contributed by atoms with Crippen molar-refractivity contribution >= 4 is 22.9 Å². The Labute approximate surface area is 165 Å². The van der Waals surface area contributed by atoms with Crippen molar-refractivity contribution in [1.29, 1.82) is 0 Å². The zero-order chi connectivity index (χ0) is 19.5. The number of thiazole rings is 1. The zero-order valence-electron chi connectivity index (χ0n) is 15.3. The third kappa shape index (κ3) is 3.81. The van der Waals surface area contributed by atoms with Crippen molar-refractivity contribution in [1.82, 2.24) is 20.1 Å². The molecule has 0 atom stereocenters. The van der Waals surface area contributed by atoms with Crippen molar-refractivity contribution in [3.8, 4) is 11.4 Å². The third-order valence-corrected chi connectivity index (χ3v) is 5.18. The van der Waals surface area contributed by atoms with Crippen LogP contribution in [0.3, 0.4) is 0 Å². The highest BCUT2D eigenvalue weighted by molar-refractivity contribution is 7.13. The molecular formula is C20H17N5O2S. The van der Waals surface area contributed by atoms with Crippen LogP contribution in [0.15, 0.2) is 53.3 Å². The number of amides is 1. The van der Waals surface area contributed by atoms with Crippen molar-refractivity contribution < 1.29 is 9.32 Å². The summed E-state index contributed by atoms with van der Waals surface area (Å²) < 4.78 is 5.38. The lowest BCUT2D eigenvalue weighted by Crippen LogP contribution is -2.13. The standard InChI is InChI=1S/C20H17N5O2S/c1-12-18(28-13(2)22-12)20(26)23-16-8-4-3-6-14(16)10-17-24-19(25-27-17)15-7-5-9-21-11-15/h3-9,11H,10H2,1-2H3,(H,23,26). The maximum absolute atomic E-state index is 12.6. The van der Waals surface area contributed by atoms with Crippen LogP contribution in [0.1, 0.15) is 31.8 Å². The first-order valence-electron chi connectivity index (χ1n) is 8.66. The summed E-state index contributed by atoms with van der Waals surface area (Å²) in [6, 6.07) is 11.3. The van der Waals surface area contributed by atoms with Gasteiger partial charge in [0.2, 0.25) is 11.7 Å². The van der Waals surface area contributed by atoms with Gasteiger partial charge >= 0.3 is 0 Å². The lowest BCUT2D eigenvalue weighted by molar-refractivity contribution is 0.102. The van der Waals surface area contributed by atoms with Gasteiger partial charge in [-0.2, -0.15) is 4.98 Å². The van der Waals surface area contributed by atoms with Crippen LogP contribution < -0.4 is 5.32 Å². The summed E-state index contributed by atoms with van der Waals surface area (Å²) >= 11 is 1.38. The van der Waals surface area contributed by atoms with E-state index < -0.39 is 0 Å². The van der Waals surface area contributed by atoms with E-state index in [1.165, 1.54) is 11.3 Å². The lowest BCUT2D eigenvalue weighted by atomic mass is 10.1. The molecule has 1 aromatic carbocycles. The van der Waals surface area contributed by atoms with Crippen LogP contribution in [-0.2, 0) is 6.42 Å². The van der Waals surface area contributed by atoms with Crippen LogP contribution in [0.5, 0.6) is 0 Å². The van der Waals surface area contributed by atoms with Gasteiger partial charge < -0.3 is 9.84 Å². The van der Waals surface area contributed by atoms with Crippen LogP contribution in [0, 0.1) is 13.8 Å². The van der Waals surface area contributed by atoms with Crippen molar-refractivity contribution in [3.63, 3.8) is 0 Å². The first-order chi connectivity index (χ1) is 13.6. The monoisotopic (exact) mass is 391 g/mol. The number of benzene rings is 1. The summed E-state index contributed by atoms with van der Waals surface area (Å²) in [6.45, 7) is 3.72. The molecule has 7 nitrogen and oxygen atoms in total. The molecule has 1 amide bonds. The van der Waals surface area contributed by atoms with E-state index in [-0.39, 0.29) is 5.91 Å². The quantitative estimate of drug-likeness (QED) is 0.552. The van der Waals surface area contributed by atoms with Crippen molar-refractivity contribution in [2.45, 2.75) is 20.3 Å². The molecule has 0 unspecified atom stereocenters. The third-order valence-electron chi connectivity index (χ3n) is 4.10. The summed E-state index contributed by atoms with van der Waals surface area (Å²) in [5.74, 6) is 0.780.